The number of piperidine rings is 1. The zero-order chi connectivity index (χ0) is 11.6. The summed E-state index contributed by atoms with van der Waals surface area (Å²) in [6.45, 7) is 2.38. The fourth-order valence-corrected chi connectivity index (χ4v) is 3.61. The van der Waals surface area contributed by atoms with Crippen molar-refractivity contribution in [1.82, 2.24) is 4.57 Å². The minimum absolute atomic E-state index is 0.359. The molecule has 0 aliphatic carbocycles. The third kappa shape index (κ3) is 1.07. The van der Waals surface area contributed by atoms with Gasteiger partial charge in [0.2, 0.25) is 0 Å². The lowest BCUT2D eigenvalue weighted by Gasteiger charge is -2.41. The summed E-state index contributed by atoms with van der Waals surface area (Å²) in [6, 6.07) is 5.76. The van der Waals surface area contributed by atoms with Crippen LogP contribution in [0, 0.1) is 0 Å². The third-order valence-electron chi connectivity index (χ3n) is 4.39. The molecule has 4 heterocycles. The molecule has 1 N–H and O–H groups in total. The molecule has 3 nitrogen and oxygen atoms in total. The van der Waals surface area contributed by atoms with Gasteiger partial charge in [0, 0.05) is 37.2 Å². The lowest BCUT2D eigenvalue weighted by molar-refractivity contribution is 0.469. The number of phenolic OH excluding ortho intramolecular Hbond substituents is 1. The van der Waals surface area contributed by atoms with Crippen LogP contribution in [0.1, 0.15) is 24.3 Å². The SMILES string of the molecule is Cn1c2c(c3ccc(O)cc31)C1CCN2CC1. The van der Waals surface area contributed by atoms with Crippen molar-refractivity contribution < 1.29 is 5.11 Å². The molecule has 0 atom stereocenters. The van der Waals surface area contributed by atoms with E-state index in [1.807, 2.05) is 6.07 Å². The molecule has 88 valence electrons. The van der Waals surface area contributed by atoms with Crippen LogP contribution in [0.3, 0.4) is 0 Å². The Morgan fingerprint density at radius 3 is 2.76 bits per heavy atom. The maximum absolute atomic E-state index is 9.64. The molecule has 1 saturated heterocycles. The molecule has 1 aromatic heterocycles. The monoisotopic (exact) mass is 228 g/mol. The molecular formula is C14H16N2O. The number of aromatic nitrogens is 1. The Bertz CT molecular complexity index is 606. The van der Waals surface area contributed by atoms with E-state index in [9.17, 15) is 5.11 Å². The van der Waals surface area contributed by atoms with Crippen LogP contribution in [0.25, 0.3) is 10.9 Å². The van der Waals surface area contributed by atoms with Crippen molar-refractivity contribution in [3.8, 4) is 5.75 Å². The van der Waals surface area contributed by atoms with Gasteiger partial charge in [0.25, 0.3) is 0 Å². The van der Waals surface area contributed by atoms with Gasteiger partial charge in [0.05, 0.1) is 5.52 Å². The van der Waals surface area contributed by atoms with E-state index >= 15 is 0 Å². The van der Waals surface area contributed by atoms with E-state index in [1.54, 1.807) is 6.07 Å². The van der Waals surface area contributed by atoms with Crippen LogP contribution in [0.2, 0.25) is 0 Å². The van der Waals surface area contributed by atoms with Crippen LogP contribution < -0.4 is 4.90 Å². The number of hydrogen-bond donors (Lipinski definition) is 1. The zero-order valence-electron chi connectivity index (χ0n) is 9.98. The molecule has 0 unspecified atom stereocenters. The molecule has 0 amide bonds. The Kier molecular flexibility index (Phi) is 1.64. The van der Waals surface area contributed by atoms with E-state index in [1.165, 1.54) is 42.7 Å². The van der Waals surface area contributed by atoms with Gasteiger partial charge in [-0.25, -0.2) is 0 Å². The zero-order valence-corrected chi connectivity index (χ0v) is 9.98. The van der Waals surface area contributed by atoms with Crippen molar-refractivity contribution in [3.05, 3.63) is 23.8 Å². The maximum atomic E-state index is 9.64. The number of rotatable bonds is 0. The molecule has 1 fully saturated rings. The number of anilines is 1. The largest absolute Gasteiger partial charge is 0.508 e. The number of phenols is 1. The summed E-state index contributed by atoms with van der Waals surface area (Å²) in [5.74, 6) is 2.47. The average molecular weight is 228 g/mol. The van der Waals surface area contributed by atoms with Crippen molar-refractivity contribution in [1.29, 1.82) is 0 Å². The second kappa shape index (κ2) is 2.97. The molecule has 3 aliphatic heterocycles. The summed E-state index contributed by atoms with van der Waals surface area (Å²) < 4.78 is 2.25. The Hall–Kier alpha value is -1.64. The summed E-state index contributed by atoms with van der Waals surface area (Å²) in [5, 5.41) is 11.0. The first-order valence-electron chi connectivity index (χ1n) is 6.32. The second-order valence-corrected chi connectivity index (χ2v) is 5.26. The van der Waals surface area contributed by atoms with Crippen molar-refractivity contribution in [2.45, 2.75) is 18.8 Å². The highest BCUT2D eigenvalue weighted by molar-refractivity contribution is 5.92. The normalized spacial score (nSPS) is 19.0. The van der Waals surface area contributed by atoms with Crippen molar-refractivity contribution >= 4 is 16.7 Å². The van der Waals surface area contributed by atoms with Gasteiger partial charge in [-0.3, -0.25) is 0 Å². The van der Waals surface area contributed by atoms with E-state index in [4.69, 9.17) is 0 Å². The summed E-state index contributed by atoms with van der Waals surface area (Å²) in [5.41, 5.74) is 2.67. The number of aromatic hydroxyl groups is 1. The van der Waals surface area contributed by atoms with Gasteiger partial charge < -0.3 is 14.6 Å². The van der Waals surface area contributed by atoms with E-state index < -0.39 is 0 Å². The molecule has 3 heteroatoms. The lowest BCUT2D eigenvalue weighted by atomic mass is 9.84. The lowest BCUT2D eigenvalue weighted by Crippen LogP contribution is -2.39. The molecule has 1 aromatic carbocycles. The summed E-state index contributed by atoms with van der Waals surface area (Å²) in [4.78, 5) is 2.49. The quantitative estimate of drug-likeness (QED) is 0.750. The maximum Gasteiger partial charge on any atom is 0.117 e. The van der Waals surface area contributed by atoms with Gasteiger partial charge in [-0.2, -0.15) is 0 Å². The molecule has 0 saturated carbocycles. The minimum Gasteiger partial charge on any atom is -0.508 e. The van der Waals surface area contributed by atoms with Gasteiger partial charge in [0.1, 0.15) is 11.6 Å². The molecular weight excluding hydrogens is 212 g/mol. The minimum atomic E-state index is 0.359. The highest BCUT2D eigenvalue weighted by Crippen LogP contribution is 2.47. The number of nitrogens with zero attached hydrogens (tertiary/aromatic N) is 2. The predicted octanol–water partition coefficient (Wildman–Crippen LogP) is 2.58. The fraction of sp³-hybridized carbons (Fsp3) is 0.429. The molecule has 0 radical (unpaired) electrons. The first-order chi connectivity index (χ1) is 8.25. The smallest absolute Gasteiger partial charge is 0.117 e. The molecule has 3 aliphatic rings. The van der Waals surface area contributed by atoms with Crippen molar-refractivity contribution in [2.75, 3.05) is 18.0 Å². The third-order valence-corrected chi connectivity index (χ3v) is 4.39. The number of fused-ring (bicyclic) bond motifs is 3. The van der Waals surface area contributed by atoms with Gasteiger partial charge >= 0.3 is 0 Å². The molecule has 5 rings (SSSR count). The number of hydrogen-bond acceptors (Lipinski definition) is 2. The topological polar surface area (TPSA) is 28.4 Å². The van der Waals surface area contributed by atoms with Gasteiger partial charge in [-0.15, -0.1) is 0 Å². The summed E-state index contributed by atoms with van der Waals surface area (Å²) >= 11 is 0. The van der Waals surface area contributed by atoms with Crippen LogP contribution in [0.15, 0.2) is 18.2 Å². The molecule has 17 heavy (non-hydrogen) atoms. The number of benzene rings is 1. The molecule has 2 aromatic rings. The van der Waals surface area contributed by atoms with Gasteiger partial charge in [0.15, 0.2) is 0 Å². The fourth-order valence-electron chi connectivity index (χ4n) is 3.61. The highest BCUT2D eigenvalue weighted by atomic mass is 16.3. The second-order valence-electron chi connectivity index (χ2n) is 5.26. The van der Waals surface area contributed by atoms with Gasteiger partial charge in [-0.05, 0) is 30.9 Å². The van der Waals surface area contributed by atoms with Crippen LogP contribution in [0.4, 0.5) is 5.82 Å². The summed E-state index contributed by atoms with van der Waals surface area (Å²) in [6.07, 6.45) is 2.57. The van der Waals surface area contributed by atoms with E-state index in [0.717, 1.165) is 11.4 Å². The Morgan fingerprint density at radius 1 is 1.24 bits per heavy atom. The van der Waals surface area contributed by atoms with E-state index in [2.05, 4.69) is 22.6 Å². The van der Waals surface area contributed by atoms with Crippen molar-refractivity contribution in [3.63, 3.8) is 0 Å². The van der Waals surface area contributed by atoms with Crippen LogP contribution in [0.5, 0.6) is 5.75 Å². The van der Waals surface area contributed by atoms with E-state index in [-0.39, 0.29) is 0 Å². The molecule has 2 bridgehead atoms. The van der Waals surface area contributed by atoms with Gasteiger partial charge in [-0.1, -0.05) is 0 Å². The Labute approximate surface area is 100 Å². The standard InChI is InChI=1S/C14H16N2O/c1-15-12-8-10(17)2-3-11(12)13-9-4-6-16(7-5-9)14(13)15/h2-3,8-9,17H,4-7H2,1H3. The Morgan fingerprint density at radius 2 is 2.00 bits per heavy atom. The first-order valence-corrected chi connectivity index (χ1v) is 6.32. The number of aryl methyl sites for hydroxylation is 1. The van der Waals surface area contributed by atoms with Crippen LogP contribution in [-0.4, -0.2) is 22.8 Å². The van der Waals surface area contributed by atoms with Crippen molar-refractivity contribution in [2.24, 2.45) is 7.05 Å². The Balaban J connectivity index is 2.13. The summed E-state index contributed by atoms with van der Waals surface area (Å²) in [7, 11) is 2.11. The van der Waals surface area contributed by atoms with Crippen LogP contribution in [-0.2, 0) is 7.05 Å². The predicted molar refractivity (Wildman–Crippen MR) is 68.8 cm³/mol. The highest BCUT2D eigenvalue weighted by Gasteiger charge is 2.35. The molecule has 0 spiro atoms. The average Bonchev–Trinajstić information content (AvgIpc) is 2.67. The first kappa shape index (κ1) is 9.40. The van der Waals surface area contributed by atoms with Crippen LogP contribution >= 0.6 is 0 Å². The van der Waals surface area contributed by atoms with E-state index in [0.29, 0.717) is 5.75 Å².